The highest BCUT2D eigenvalue weighted by molar-refractivity contribution is 6.34. The minimum atomic E-state index is -1.96. The predicted molar refractivity (Wildman–Crippen MR) is 121 cm³/mol. The SMILES string of the molecule is CC1(O)C(Oc2ccc(-c3ccc(C(=O)NC4CC4)c(Cl)c3)cc2Cl)OC(CO)C(O)C1O. The summed E-state index contributed by atoms with van der Waals surface area (Å²) in [6, 6.07) is 10.2. The molecule has 5 N–H and O–H groups in total. The maximum absolute atomic E-state index is 12.3. The van der Waals surface area contributed by atoms with Crippen LogP contribution in [0.15, 0.2) is 36.4 Å². The van der Waals surface area contributed by atoms with Gasteiger partial charge < -0.3 is 35.2 Å². The molecule has 8 nitrogen and oxygen atoms in total. The first kappa shape index (κ1) is 24.2. The molecular formula is C23H25Cl2NO7. The highest BCUT2D eigenvalue weighted by atomic mass is 35.5. The summed E-state index contributed by atoms with van der Waals surface area (Å²) in [5.74, 6) is -0.0404. The van der Waals surface area contributed by atoms with Gasteiger partial charge in [0, 0.05) is 6.04 Å². The van der Waals surface area contributed by atoms with Crippen LogP contribution >= 0.6 is 23.2 Å². The number of amides is 1. The lowest BCUT2D eigenvalue weighted by Crippen LogP contribution is -2.66. The summed E-state index contributed by atoms with van der Waals surface area (Å²) in [6.07, 6.45) is -3.66. The Bertz CT molecular complexity index is 1040. The van der Waals surface area contributed by atoms with Gasteiger partial charge in [-0.15, -0.1) is 0 Å². The Morgan fingerprint density at radius 2 is 1.79 bits per heavy atom. The summed E-state index contributed by atoms with van der Waals surface area (Å²) in [7, 11) is 0. The number of hydrogen-bond donors (Lipinski definition) is 5. The van der Waals surface area contributed by atoms with Gasteiger partial charge in [-0.1, -0.05) is 35.3 Å². The highest BCUT2D eigenvalue weighted by Gasteiger charge is 2.53. The van der Waals surface area contributed by atoms with Crippen LogP contribution in [0.25, 0.3) is 11.1 Å². The van der Waals surface area contributed by atoms with E-state index in [1.54, 1.807) is 36.4 Å². The molecule has 0 radical (unpaired) electrons. The van der Waals surface area contributed by atoms with Crippen molar-refractivity contribution in [2.75, 3.05) is 6.61 Å². The molecule has 0 aromatic heterocycles. The van der Waals surface area contributed by atoms with E-state index in [2.05, 4.69) is 5.32 Å². The van der Waals surface area contributed by atoms with Crippen molar-refractivity contribution >= 4 is 29.1 Å². The lowest BCUT2D eigenvalue weighted by Gasteiger charge is -2.45. The summed E-state index contributed by atoms with van der Waals surface area (Å²) >= 11 is 12.7. The molecular weight excluding hydrogens is 473 g/mol. The smallest absolute Gasteiger partial charge is 0.253 e. The van der Waals surface area contributed by atoms with Crippen molar-refractivity contribution in [2.45, 2.75) is 56.0 Å². The molecule has 1 saturated heterocycles. The van der Waals surface area contributed by atoms with Gasteiger partial charge in [0.15, 0.2) is 5.60 Å². The van der Waals surface area contributed by atoms with Crippen LogP contribution in [0, 0.1) is 0 Å². The van der Waals surface area contributed by atoms with Gasteiger partial charge in [-0.05, 0) is 55.2 Å². The van der Waals surface area contributed by atoms with E-state index in [-0.39, 0.29) is 22.7 Å². The molecule has 5 atom stereocenters. The van der Waals surface area contributed by atoms with E-state index >= 15 is 0 Å². The Balaban J connectivity index is 1.52. The zero-order chi connectivity index (χ0) is 23.9. The van der Waals surface area contributed by atoms with Gasteiger partial charge in [-0.2, -0.15) is 0 Å². The van der Waals surface area contributed by atoms with Crippen molar-refractivity contribution in [3.05, 3.63) is 52.0 Å². The van der Waals surface area contributed by atoms with Crippen molar-refractivity contribution < 1.29 is 34.7 Å². The summed E-state index contributed by atoms with van der Waals surface area (Å²) < 4.78 is 11.1. The molecule has 2 aromatic carbocycles. The van der Waals surface area contributed by atoms with Gasteiger partial charge in [-0.25, -0.2) is 0 Å². The average Bonchev–Trinajstić information content (AvgIpc) is 3.59. The molecule has 33 heavy (non-hydrogen) atoms. The summed E-state index contributed by atoms with van der Waals surface area (Å²) in [5, 5.41) is 43.6. The number of aliphatic hydroxyl groups excluding tert-OH is 3. The first-order chi connectivity index (χ1) is 15.6. The van der Waals surface area contributed by atoms with Gasteiger partial charge in [0.1, 0.15) is 24.1 Å². The molecule has 2 fully saturated rings. The van der Waals surface area contributed by atoms with Crippen LogP contribution < -0.4 is 10.1 Å². The molecule has 1 aliphatic carbocycles. The fourth-order valence-electron chi connectivity index (χ4n) is 3.62. The predicted octanol–water partition coefficient (Wildman–Crippen LogP) is 2.12. The Morgan fingerprint density at radius 3 is 2.36 bits per heavy atom. The number of ether oxygens (including phenoxy) is 2. The first-order valence-corrected chi connectivity index (χ1v) is 11.3. The third-order valence-corrected chi connectivity index (χ3v) is 6.49. The van der Waals surface area contributed by atoms with E-state index < -0.39 is 36.8 Å². The molecule has 5 unspecified atom stereocenters. The third-order valence-electron chi connectivity index (χ3n) is 5.88. The van der Waals surface area contributed by atoms with Gasteiger partial charge >= 0.3 is 0 Å². The summed E-state index contributed by atoms with van der Waals surface area (Å²) in [6.45, 7) is 0.681. The molecule has 1 amide bonds. The Hall–Kier alpha value is -1.91. The van der Waals surface area contributed by atoms with Gasteiger partial charge in [-0.3, -0.25) is 4.79 Å². The first-order valence-electron chi connectivity index (χ1n) is 10.5. The number of carbonyl (C=O) groups excluding carboxylic acids is 1. The summed E-state index contributed by atoms with van der Waals surface area (Å²) in [4.78, 5) is 12.3. The van der Waals surface area contributed by atoms with Crippen molar-refractivity contribution in [2.24, 2.45) is 0 Å². The van der Waals surface area contributed by atoms with E-state index in [9.17, 15) is 25.2 Å². The molecule has 1 aliphatic heterocycles. The van der Waals surface area contributed by atoms with Crippen LogP contribution in [0.5, 0.6) is 5.75 Å². The average molecular weight is 498 g/mol. The van der Waals surface area contributed by atoms with E-state index in [1.165, 1.54) is 6.92 Å². The van der Waals surface area contributed by atoms with E-state index in [0.29, 0.717) is 16.1 Å². The molecule has 178 valence electrons. The fourth-order valence-corrected chi connectivity index (χ4v) is 4.12. The second-order valence-corrected chi connectivity index (χ2v) is 9.37. The number of halogens is 2. The molecule has 2 aliphatic rings. The zero-order valence-corrected chi connectivity index (χ0v) is 19.3. The minimum absolute atomic E-state index is 0.164. The Kier molecular flexibility index (Phi) is 6.89. The van der Waals surface area contributed by atoms with Crippen LogP contribution in [0.3, 0.4) is 0 Å². The van der Waals surface area contributed by atoms with Crippen molar-refractivity contribution in [3.63, 3.8) is 0 Å². The van der Waals surface area contributed by atoms with E-state index in [1.807, 2.05) is 0 Å². The number of carbonyl (C=O) groups is 1. The lowest BCUT2D eigenvalue weighted by atomic mass is 9.88. The topological polar surface area (TPSA) is 128 Å². The Labute approximate surface area is 200 Å². The minimum Gasteiger partial charge on any atom is -0.460 e. The normalized spacial score (nSPS) is 29.5. The largest absolute Gasteiger partial charge is 0.460 e. The third kappa shape index (κ3) is 4.97. The lowest BCUT2D eigenvalue weighted by molar-refractivity contribution is -0.314. The number of hydrogen-bond acceptors (Lipinski definition) is 7. The van der Waals surface area contributed by atoms with Crippen LogP contribution in [0.2, 0.25) is 10.0 Å². The molecule has 2 aromatic rings. The van der Waals surface area contributed by atoms with Gasteiger partial charge in [0.2, 0.25) is 6.29 Å². The van der Waals surface area contributed by atoms with Crippen LogP contribution in [0.4, 0.5) is 0 Å². The van der Waals surface area contributed by atoms with Crippen molar-refractivity contribution in [1.29, 1.82) is 0 Å². The van der Waals surface area contributed by atoms with Crippen molar-refractivity contribution in [1.82, 2.24) is 5.32 Å². The number of benzene rings is 2. The molecule has 0 spiro atoms. The van der Waals surface area contributed by atoms with Crippen LogP contribution in [0.1, 0.15) is 30.1 Å². The second-order valence-electron chi connectivity index (χ2n) is 8.56. The van der Waals surface area contributed by atoms with Crippen molar-refractivity contribution in [3.8, 4) is 16.9 Å². The van der Waals surface area contributed by atoms with E-state index in [0.717, 1.165) is 18.4 Å². The number of aliphatic hydroxyl groups is 4. The second kappa shape index (κ2) is 9.38. The molecule has 1 saturated carbocycles. The fraction of sp³-hybridized carbons (Fsp3) is 0.435. The summed E-state index contributed by atoms with van der Waals surface area (Å²) in [5.41, 5.74) is -0.119. The number of nitrogens with one attached hydrogen (secondary N) is 1. The molecule has 1 heterocycles. The zero-order valence-electron chi connectivity index (χ0n) is 17.7. The molecule has 10 heteroatoms. The van der Waals surface area contributed by atoms with E-state index in [4.69, 9.17) is 32.7 Å². The quantitative estimate of drug-likeness (QED) is 0.413. The molecule has 0 bridgehead atoms. The Morgan fingerprint density at radius 1 is 1.15 bits per heavy atom. The maximum Gasteiger partial charge on any atom is 0.253 e. The number of rotatable bonds is 6. The van der Waals surface area contributed by atoms with Gasteiger partial charge in [0.25, 0.3) is 5.91 Å². The molecule has 4 rings (SSSR count). The van der Waals surface area contributed by atoms with Crippen LogP contribution in [-0.4, -0.2) is 69.2 Å². The monoisotopic (exact) mass is 497 g/mol. The van der Waals surface area contributed by atoms with Crippen LogP contribution in [-0.2, 0) is 4.74 Å². The maximum atomic E-state index is 12.3. The highest BCUT2D eigenvalue weighted by Crippen LogP contribution is 2.36. The van der Waals surface area contributed by atoms with Gasteiger partial charge in [0.05, 0.1) is 22.2 Å². The standard InChI is InChI=1S/C23H25Cl2NO7/c1-23(31)20(29)19(28)18(10-27)33-22(23)32-17-7-3-12(9-16(17)25)11-2-6-14(15(24)8-11)21(30)26-13-4-5-13/h2-3,6-9,13,18-20,22,27-29,31H,4-5,10H2,1H3,(H,26,30).